The van der Waals surface area contributed by atoms with E-state index in [4.69, 9.17) is 0 Å². The highest BCUT2D eigenvalue weighted by Gasteiger charge is 2.67. The Morgan fingerprint density at radius 3 is 2.79 bits per heavy atom. The normalized spacial score (nSPS) is 40.1. The van der Waals surface area contributed by atoms with Gasteiger partial charge in [-0.3, -0.25) is 4.79 Å². The van der Waals surface area contributed by atoms with Gasteiger partial charge in [-0.05, 0) is 66.9 Å². The predicted octanol–water partition coefficient (Wildman–Crippen LogP) is 3.52. The Bertz CT molecular complexity index is 1260. The van der Waals surface area contributed by atoms with Crippen LogP contribution in [0.2, 0.25) is 0 Å². The van der Waals surface area contributed by atoms with Crippen LogP contribution in [0.3, 0.4) is 0 Å². The fraction of sp³-hybridized carbons (Fsp3) is 0.500. The summed E-state index contributed by atoms with van der Waals surface area (Å²) in [5, 5.41) is 26.8. The number of allylic oxidation sites excluding steroid dienone is 3. The lowest BCUT2D eigenvalue weighted by Crippen LogP contribution is -2.60. The van der Waals surface area contributed by atoms with E-state index in [2.05, 4.69) is 47.9 Å². The second kappa shape index (κ2) is 7.12. The number of aliphatic hydroxyl groups is 2. The first kappa shape index (κ1) is 22.2. The number of carbonyl (C=O) groups excluding carboxylic acids is 1. The van der Waals surface area contributed by atoms with Crippen molar-refractivity contribution in [3.8, 4) is 5.69 Å². The first-order valence-electron chi connectivity index (χ1n) is 11.8. The van der Waals surface area contributed by atoms with Crippen LogP contribution in [0.25, 0.3) is 11.8 Å². The van der Waals surface area contributed by atoms with E-state index in [1.165, 1.54) is 12.3 Å². The third-order valence-corrected chi connectivity index (χ3v) is 9.82. The number of aliphatic hydroxyl groups excluding tert-OH is 1. The summed E-state index contributed by atoms with van der Waals surface area (Å²) in [4.78, 5) is 16.1. The molecule has 2 fully saturated rings. The highest BCUT2D eigenvalue weighted by atomic mass is 32.1. The molecule has 0 bridgehead atoms. The minimum Gasteiger partial charge on any atom is -0.393 e. The summed E-state index contributed by atoms with van der Waals surface area (Å²) in [6.45, 7) is 4.15. The van der Waals surface area contributed by atoms with Crippen molar-refractivity contribution in [2.45, 2.75) is 51.2 Å². The van der Waals surface area contributed by atoms with Crippen molar-refractivity contribution in [3.63, 3.8) is 0 Å². The smallest absolute Gasteiger partial charge is 0.218 e. The fourth-order valence-electron chi connectivity index (χ4n) is 7.69. The predicted molar refractivity (Wildman–Crippen MR) is 128 cm³/mol. The lowest BCUT2D eigenvalue weighted by Gasteiger charge is -2.58. The molecule has 0 radical (unpaired) electrons. The molecule has 2 N–H and O–H groups in total. The molecular formula is C26H28FN3O3S. The molecule has 2 aromatic heterocycles. The summed E-state index contributed by atoms with van der Waals surface area (Å²) in [7, 11) is 0. The van der Waals surface area contributed by atoms with Gasteiger partial charge in [0.05, 0.1) is 29.9 Å². The van der Waals surface area contributed by atoms with Crippen LogP contribution < -0.4 is 0 Å². The SMILES string of the molecule is C[C@]12Cc3cnn(-c4ccc(F)nc4)c3C=C1C=C[C@@H]1C2[C@@H](O)C[C@@]2(C)C1CC[C@]2(O)C(=O)S. The van der Waals surface area contributed by atoms with Gasteiger partial charge in [0.15, 0.2) is 0 Å². The summed E-state index contributed by atoms with van der Waals surface area (Å²) >= 11 is 4.03. The molecule has 0 amide bonds. The molecule has 0 aromatic carbocycles. The van der Waals surface area contributed by atoms with Gasteiger partial charge in [0, 0.05) is 16.7 Å². The van der Waals surface area contributed by atoms with Gasteiger partial charge in [0.1, 0.15) is 5.60 Å². The Hall–Kier alpha value is -2.29. The number of hydrogen-bond donors (Lipinski definition) is 3. The molecule has 7 atom stereocenters. The van der Waals surface area contributed by atoms with Crippen LogP contribution in [-0.4, -0.2) is 41.8 Å². The van der Waals surface area contributed by atoms with Crippen LogP contribution in [0.4, 0.5) is 4.39 Å². The summed E-state index contributed by atoms with van der Waals surface area (Å²) in [5.74, 6) is -0.432. The van der Waals surface area contributed by atoms with Gasteiger partial charge in [0.25, 0.3) is 0 Å². The molecule has 0 aliphatic heterocycles. The van der Waals surface area contributed by atoms with Crippen LogP contribution in [0.1, 0.15) is 44.4 Å². The van der Waals surface area contributed by atoms with E-state index >= 15 is 0 Å². The number of thiol groups is 1. The highest BCUT2D eigenvalue weighted by molar-refractivity contribution is 7.96. The van der Waals surface area contributed by atoms with E-state index in [0.29, 0.717) is 24.9 Å². The molecule has 2 aromatic rings. The van der Waals surface area contributed by atoms with Crippen molar-refractivity contribution >= 4 is 23.8 Å². The molecule has 0 spiro atoms. The Morgan fingerprint density at radius 2 is 2.09 bits per heavy atom. The van der Waals surface area contributed by atoms with Crippen LogP contribution >= 0.6 is 12.6 Å². The summed E-state index contributed by atoms with van der Waals surface area (Å²) in [6.07, 6.45) is 11.3. The van der Waals surface area contributed by atoms with Gasteiger partial charge in [-0.25, -0.2) is 9.67 Å². The molecular weight excluding hydrogens is 453 g/mol. The second-order valence-electron chi connectivity index (χ2n) is 11.0. The van der Waals surface area contributed by atoms with E-state index < -0.39 is 28.2 Å². The van der Waals surface area contributed by atoms with Crippen molar-refractivity contribution in [2.24, 2.45) is 28.6 Å². The molecule has 2 saturated carbocycles. The molecule has 178 valence electrons. The number of pyridine rings is 1. The third kappa shape index (κ3) is 2.73. The zero-order valence-electron chi connectivity index (χ0n) is 19.1. The zero-order valence-corrected chi connectivity index (χ0v) is 20.0. The Balaban J connectivity index is 1.42. The highest BCUT2D eigenvalue weighted by Crippen LogP contribution is 2.66. The second-order valence-corrected chi connectivity index (χ2v) is 11.4. The average Bonchev–Trinajstić information content (AvgIpc) is 3.30. The molecule has 34 heavy (non-hydrogen) atoms. The molecule has 4 aliphatic carbocycles. The molecule has 0 saturated heterocycles. The summed E-state index contributed by atoms with van der Waals surface area (Å²) in [6, 6.07) is 2.98. The Kier molecular flexibility index (Phi) is 4.65. The monoisotopic (exact) mass is 481 g/mol. The van der Waals surface area contributed by atoms with E-state index in [1.54, 1.807) is 10.7 Å². The molecule has 6 nitrogen and oxygen atoms in total. The molecule has 6 rings (SSSR count). The van der Waals surface area contributed by atoms with E-state index in [9.17, 15) is 19.4 Å². The van der Waals surface area contributed by atoms with Crippen LogP contribution in [0.5, 0.6) is 0 Å². The number of aromatic nitrogens is 3. The minimum atomic E-state index is -1.51. The summed E-state index contributed by atoms with van der Waals surface area (Å²) in [5.41, 5.74) is 1.29. The van der Waals surface area contributed by atoms with E-state index in [-0.39, 0.29) is 23.2 Å². The minimum absolute atomic E-state index is 0.0387. The van der Waals surface area contributed by atoms with Crippen molar-refractivity contribution in [1.29, 1.82) is 0 Å². The van der Waals surface area contributed by atoms with Gasteiger partial charge < -0.3 is 10.2 Å². The van der Waals surface area contributed by atoms with Crippen LogP contribution in [-0.2, 0) is 11.2 Å². The van der Waals surface area contributed by atoms with E-state index in [1.807, 2.05) is 13.1 Å². The fourth-order valence-corrected chi connectivity index (χ4v) is 8.06. The number of nitrogens with zero attached hydrogens (tertiary/aromatic N) is 3. The number of halogens is 1. The first-order chi connectivity index (χ1) is 16.1. The maximum absolute atomic E-state index is 13.3. The Labute approximate surface area is 203 Å². The molecule has 8 heteroatoms. The summed E-state index contributed by atoms with van der Waals surface area (Å²) < 4.78 is 15.1. The van der Waals surface area contributed by atoms with Crippen molar-refractivity contribution in [3.05, 3.63) is 59.5 Å². The van der Waals surface area contributed by atoms with Gasteiger partial charge in [-0.15, -0.1) is 12.6 Å². The lowest BCUT2D eigenvalue weighted by molar-refractivity contribution is -0.164. The van der Waals surface area contributed by atoms with Crippen molar-refractivity contribution in [2.75, 3.05) is 0 Å². The number of rotatable bonds is 2. The first-order valence-corrected chi connectivity index (χ1v) is 12.3. The standard InChI is InChI=1S/C26H28FN3O3S/c1-24-10-14-12-29-30(16-4-6-21(27)28-13-16)19(14)9-15(24)3-5-17-18-7-8-26(33,23(32)34)25(18,2)11-20(31)22(17)24/h3-6,9,12-13,17-18,20,22,31,33H,7-8,10-11H2,1-2H3,(H,32,34)/t17-,18?,20-,22?,24-,25-,26-/m0/s1. The zero-order chi connectivity index (χ0) is 24.0. The quantitative estimate of drug-likeness (QED) is 0.451. The Morgan fingerprint density at radius 1 is 1.29 bits per heavy atom. The maximum Gasteiger partial charge on any atom is 0.218 e. The van der Waals surface area contributed by atoms with E-state index in [0.717, 1.165) is 23.3 Å². The number of fused-ring (bicyclic) bond motifs is 6. The van der Waals surface area contributed by atoms with Gasteiger partial charge in [-0.2, -0.15) is 9.49 Å². The molecule has 2 heterocycles. The molecule has 4 aliphatic rings. The van der Waals surface area contributed by atoms with Crippen LogP contribution in [0, 0.1) is 34.5 Å². The van der Waals surface area contributed by atoms with Crippen molar-refractivity contribution < 1.29 is 19.4 Å². The molecule has 2 unspecified atom stereocenters. The average molecular weight is 482 g/mol. The van der Waals surface area contributed by atoms with Crippen molar-refractivity contribution in [1.82, 2.24) is 14.8 Å². The van der Waals surface area contributed by atoms with Gasteiger partial charge in [0.2, 0.25) is 11.1 Å². The topological polar surface area (TPSA) is 88.2 Å². The number of hydrogen-bond acceptors (Lipinski definition) is 5. The lowest BCUT2D eigenvalue weighted by atomic mass is 9.47. The van der Waals surface area contributed by atoms with Gasteiger partial charge >= 0.3 is 0 Å². The van der Waals surface area contributed by atoms with Gasteiger partial charge in [-0.1, -0.05) is 26.0 Å². The maximum atomic E-state index is 13.3. The third-order valence-electron chi connectivity index (χ3n) is 9.45. The largest absolute Gasteiger partial charge is 0.393 e. The van der Waals surface area contributed by atoms with Crippen LogP contribution in [0.15, 0.2) is 42.3 Å². The number of carbonyl (C=O) groups is 1.